The summed E-state index contributed by atoms with van der Waals surface area (Å²) in [5.74, 6) is -0.311. The Labute approximate surface area is 328 Å². The van der Waals surface area contributed by atoms with Crippen molar-refractivity contribution in [1.82, 2.24) is 19.9 Å². The first kappa shape index (κ1) is 39.6. The van der Waals surface area contributed by atoms with Crippen molar-refractivity contribution in [1.29, 1.82) is 0 Å². The van der Waals surface area contributed by atoms with Gasteiger partial charge in [-0.05, 0) is 50.3 Å². The smallest absolute Gasteiger partial charge is 0.343 e. The van der Waals surface area contributed by atoms with Crippen LogP contribution in [0.4, 0.5) is 15.8 Å². The minimum Gasteiger partial charge on any atom is -1.00 e. The van der Waals surface area contributed by atoms with Gasteiger partial charge in [-0.25, -0.2) is 13.9 Å². The minimum atomic E-state index is -1.52. The molecule has 7 rings (SSSR count). The topological polar surface area (TPSA) is 165 Å². The summed E-state index contributed by atoms with van der Waals surface area (Å²) in [6.07, 6.45) is -1.41. The molecule has 0 unspecified atom stereocenters. The van der Waals surface area contributed by atoms with Crippen molar-refractivity contribution >= 4 is 45.4 Å². The number of aliphatic hydroxyl groups is 4. The fourth-order valence-electron chi connectivity index (χ4n) is 7.21. The lowest BCUT2D eigenvalue weighted by atomic mass is 9.98. The number of anilines is 2. The fourth-order valence-corrected chi connectivity index (χ4v) is 7.21. The predicted molar refractivity (Wildman–Crippen MR) is 197 cm³/mol. The molecule has 5 atom stereocenters. The van der Waals surface area contributed by atoms with Crippen LogP contribution in [0, 0.1) is 5.82 Å². The zero-order valence-corrected chi connectivity index (χ0v) is 32.5. The number of ether oxygens (including phenoxy) is 1. The van der Waals surface area contributed by atoms with E-state index < -0.39 is 42.9 Å². The number of halogens is 2. The Balaban J connectivity index is 0.00000497. The molecule has 14 nitrogen and oxygen atoms in total. The molecule has 2 fully saturated rings. The van der Waals surface area contributed by atoms with Crippen LogP contribution in [0.25, 0.3) is 34.0 Å². The van der Waals surface area contributed by atoms with E-state index in [1.54, 1.807) is 18.3 Å². The van der Waals surface area contributed by atoms with Crippen LogP contribution in [-0.4, -0.2) is 111 Å². The summed E-state index contributed by atoms with van der Waals surface area (Å²) in [5, 5.41) is 50.0. The van der Waals surface area contributed by atoms with E-state index in [1.165, 1.54) is 4.68 Å². The van der Waals surface area contributed by atoms with E-state index >= 15 is 4.39 Å². The highest BCUT2D eigenvalue weighted by molar-refractivity contribution is 5.84. The number of pyridine rings is 1. The van der Waals surface area contributed by atoms with E-state index in [-0.39, 0.29) is 29.8 Å². The molecule has 0 aliphatic carbocycles. The zero-order valence-electron chi connectivity index (χ0n) is 30.3. The van der Waals surface area contributed by atoms with Gasteiger partial charge in [0.15, 0.2) is 6.23 Å². The summed E-state index contributed by atoms with van der Waals surface area (Å²) in [7, 11) is 1.91. The number of hydrogen-bond donors (Lipinski definition) is 4. The van der Waals surface area contributed by atoms with Crippen LogP contribution in [0.2, 0.25) is 0 Å². The summed E-state index contributed by atoms with van der Waals surface area (Å²) >= 11 is 0. The Hall–Kier alpha value is -4.04. The standard InChI is InChI=1S/C38H45FN7O7.HI/c1-4-44(5-2)28-11-7-24-16-25(38(51)53-32(24)18-28)8-10-27-9-6-23-17-29(39)31(19-30(23)42(27)3)45-14-12-43(13-15-45)20-26-21-46(41-40-26)37-36(50)35(49)34(48)33(22-47)52-37;/h6-11,16-19,21,33-37,47-50H,4-5,12-15,20,22H2,1-3H3;1H/q+1;/p-1/t33-,34-,35+,36-,37-;/m1./s1. The molecule has 0 bridgehead atoms. The van der Waals surface area contributed by atoms with Gasteiger partial charge in [-0.1, -0.05) is 5.21 Å². The lowest BCUT2D eigenvalue weighted by molar-refractivity contribution is -0.646. The number of piperazine rings is 1. The highest BCUT2D eigenvalue weighted by Crippen LogP contribution is 2.29. The van der Waals surface area contributed by atoms with Gasteiger partial charge in [0.1, 0.15) is 42.9 Å². The Kier molecular flexibility index (Phi) is 12.3. The maximum Gasteiger partial charge on any atom is 0.343 e. The first-order valence-electron chi connectivity index (χ1n) is 17.9. The molecular formula is C38H45FIN7O7. The van der Waals surface area contributed by atoms with E-state index in [2.05, 4.69) is 34.0 Å². The third-order valence-electron chi connectivity index (χ3n) is 10.4. The molecule has 0 saturated carbocycles. The summed E-state index contributed by atoms with van der Waals surface area (Å²) in [4.78, 5) is 19.3. The van der Waals surface area contributed by atoms with Crippen molar-refractivity contribution < 1.29 is 62.5 Å². The Morgan fingerprint density at radius 2 is 1.70 bits per heavy atom. The van der Waals surface area contributed by atoms with Crippen LogP contribution in [0.5, 0.6) is 0 Å². The normalized spacial score (nSPS) is 22.3. The SMILES string of the molecule is CCN(CC)c1ccc2cc(/C=C/c3ccc4cc(F)c(N5CCN(Cc6cn([C@@H]7O[C@H](CO)[C@@H](O)[C@H](O)[C@H]7O)nn6)CC5)cc4[n+]3C)c(=O)oc2c1.[I-]. The van der Waals surface area contributed by atoms with Crippen LogP contribution >= 0.6 is 0 Å². The monoisotopic (exact) mass is 857 g/mol. The summed E-state index contributed by atoms with van der Waals surface area (Å²) in [6.45, 7) is 8.19. The van der Waals surface area contributed by atoms with Crippen molar-refractivity contribution in [2.45, 2.75) is 51.0 Å². The van der Waals surface area contributed by atoms with E-state index in [0.29, 0.717) is 55.3 Å². The number of hydrogen-bond acceptors (Lipinski definition) is 12. The average molecular weight is 858 g/mol. The zero-order chi connectivity index (χ0) is 37.4. The lowest BCUT2D eigenvalue weighted by Crippen LogP contribution is -3.00. The summed E-state index contributed by atoms with van der Waals surface area (Å²) in [6, 6.07) is 14.9. The van der Waals surface area contributed by atoms with Gasteiger partial charge in [0, 0.05) is 86.5 Å². The molecule has 16 heteroatoms. The van der Waals surface area contributed by atoms with Gasteiger partial charge in [-0.2, -0.15) is 4.57 Å². The number of nitrogens with zero attached hydrogens (tertiary/aromatic N) is 7. The number of aromatic nitrogens is 4. The van der Waals surface area contributed by atoms with Gasteiger partial charge in [-0.15, -0.1) is 5.10 Å². The highest BCUT2D eigenvalue weighted by atomic mass is 127. The van der Waals surface area contributed by atoms with E-state index in [4.69, 9.17) is 9.15 Å². The van der Waals surface area contributed by atoms with Gasteiger partial charge in [0.25, 0.3) is 0 Å². The van der Waals surface area contributed by atoms with E-state index in [9.17, 15) is 25.2 Å². The number of fused-ring (bicyclic) bond motifs is 2. The second kappa shape index (κ2) is 16.8. The van der Waals surface area contributed by atoms with Crippen molar-refractivity contribution in [3.8, 4) is 0 Å². The van der Waals surface area contributed by atoms with E-state index in [0.717, 1.165) is 40.8 Å². The molecule has 3 aromatic heterocycles. The van der Waals surface area contributed by atoms with Crippen LogP contribution in [-0.2, 0) is 18.3 Å². The molecule has 0 amide bonds. The Bertz CT molecular complexity index is 2190. The molecule has 0 radical (unpaired) electrons. The molecule has 4 N–H and O–H groups in total. The minimum absolute atomic E-state index is 0. The Morgan fingerprint density at radius 3 is 2.43 bits per heavy atom. The maximum absolute atomic E-state index is 15.5. The third-order valence-corrected chi connectivity index (χ3v) is 10.4. The molecule has 2 saturated heterocycles. The van der Waals surface area contributed by atoms with Crippen LogP contribution < -0.4 is 44.0 Å². The van der Waals surface area contributed by atoms with Gasteiger partial charge in [-0.3, -0.25) is 4.90 Å². The first-order chi connectivity index (χ1) is 25.6. The molecule has 2 aliphatic heterocycles. The Morgan fingerprint density at radius 1 is 0.963 bits per heavy atom. The molecule has 2 aromatic carbocycles. The lowest BCUT2D eigenvalue weighted by Gasteiger charge is -2.39. The van der Waals surface area contributed by atoms with Gasteiger partial charge in [0.05, 0.1) is 29.7 Å². The summed E-state index contributed by atoms with van der Waals surface area (Å²) in [5.41, 5.74) is 4.33. The van der Waals surface area contributed by atoms with Crippen LogP contribution in [0.3, 0.4) is 0 Å². The molecular weight excluding hydrogens is 812 g/mol. The number of aryl methyl sites for hydroxylation is 1. The third kappa shape index (κ3) is 7.87. The van der Waals surface area contributed by atoms with Gasteiger partial charge in [0.2, 0.25) is 11.2 Å². The van der Waals surface area contributed by atoms with Crippen LogP contribution in [0.15, 0.2) is 63.9 Å². The predicted octanol–water partition coefficient (Wildman–Crippen LogP) is -1.18. The second-order valence-corrected chi connectivity index (χ2v) is 13.6. The van der Waals surface area contributed by atoms with Crippen LogP contribution in [0.1, 0.15) is 37.0 Å². The number of aliphatic hydroxyl groups excluding tert-OH is 4. The molecule has 5 heterocycles. The molecule has 288 valence electrons. The van der Waals surface area contributed by atoms with Crippen molar-refractivity contribution in [2.75, 3.05) is 55.7 Å². The molecule has 5 aromatic rings. The largest absolute Gasteiger partial charge is 1.00 e. The fraction of sp³-hybridized carbons (Fsp3) is 0.421. The molecule has 2 aliphatic rings. The number of rotatable bonds is 10. The van der Waals surface area contributed by atoms with Gasteiger partial charge < -0.3 is 63.4 Å². The molecule has 54 heavy (non-hydrogen) atoms. The summed E-state index contributed by atoms with van der Waals surface area (Å²) < 4.78 is 30.1. The van der Waals surface area contributed by atoms with Crippen molar-refractivity contribution in [3.05, 3.63) is 87.9 Å². The van der Waals surface area contributed by atoms with E-state index in [1.807, 2.05) is 65.1 Å². The van der Waals surface area contributed by atoms with Crippen molar-refractivity contribution in [3.63, 3.8) is 0 Å². The first-order valence-corrected chi connectivity index (χ1v) is 17.9. The number of benzene rings is 2. The van der Waals surface area contributed by atoms with Crippen molar-refractivity contribution in [2.24, 2.45) is 7.05 Å². The second-order valence-electron chi connectivity index (χ2n) is 13.6. The molecule has 0 spiro atoms. The van der Waals surface area contributed by atoms with Gasteiger partial charge >= 0.3 is 5.63 Å². The maximum atomic E-state index is 15.5. The quantitative estimate of drug-likeness (QED) is 0.0757. The average Bonchev–Trinajstić information content (AvgIpc) is 3.62. The highest BCUT2D eigenvalue weighted by Gasteiger charge is 2.44.